The van der Waals surface area contributed by atoms with Crippen molar-refractivity contribution in [2.75, 3.05) is 0 Å². The number of hydrogen-bond acceptors (Lipinski definition) is 3. The Bertz CT molecular complexity index is 1210. The van der Waals surface area contributed by atoms with E-state index in [1.807, 2.05) is 30.3 Å². The Morgan fingerprint density at radius 1 is 0.893 bits per heavy atom. The molecule has 0 radical (unpaired) electrons. The average molecular weight is 385 g/mol. The normalized spacial score (nSPS) is 13.0. The third kappa shape index (κ3) is 3.04. The van der Waals surface area contributed by atoms with Crippen LogP contribution in [0.4, 0.5) is 0 Å². The maximum absolute atomic E-state index is 12.9. The van der Waals surface area contributed by atoms with E-state index < -0.39 is 0 Å². The van der Waals surface area contributed by atoms with Gasteiger partial charge in [-0.2, -0.15) is 4.98 Å². The summed E-state index contributed by atoms with van der Waals surface area (Å²) in [7, 11) is 0. The third-order valence-electron chi connectivity index (χ3n) is 5.36. The standard InChI is InChI=1S/C24H20N2OS/c27-24-25-23(28-16-18-10-6-9-17-8-4-5-13-20(17)18)21-14-7-15-22(21)26(24)19-11-2-1-3-12-19/h1-6,8-13H,7,14-16H2. The largest absolute Gasteiger partial charge is 0.353 e. The zero-order valence-corrected chi connectivity index (χ0v) is 16.3. The van der Waals surface area contributed by atoms with Gasteiger partial charge in [0.05, 0.1) is 5.69 Å². The van der Waals surface area contributed by atoms with Gasteiger partial charge in [0.1, 0.15) is 5.03 Å². The lowest BCUT2D eigenvalue weighted by molar-refractivity contribution is 0.802. The summed E-state index contributed by atoms with van der Waals surface area (Å²) in [4.78, 5) is 17.3. The number of nitrogens with zero attached hydrogens (tertiary/aromatic N) is 2. The van der Waals surface area contributed by atoms with Crippen molar-refractivity contribution >= 4 is 22.5 Å². The molecule has 3 aromatic carbocycles. The van der Waals surface area contributed by atoms with Crippen molar-refractivity contribution in [3.05, 3.63) is 100 Å². The molecule has 1 heterocycles. The minimum Gasteiger partial charge on any atom is -0.265 e. The lowest BCUT2D eigenvalue weighted by Crippen LogP contribution is -2.25. The second-order valence-corrected chi connectivity index (χ2v) is 8.04. The molecule has 0 fully saturated rings. The van der Waals surface area contributed by atoms with Crippen LogP contribution in [0.1, 0.15) is 23.2 Å². The fourth-order valence-electron chi connectivity index (χ4n) is 4.05. The van der Waals surface area contributed by atoms with Gasteiger partial charge in [-0.25, -0.2) is 4.79 Å². The predicted molar refractivity (Wildman–Crippen MR) is 115 cm³/mol. The van der Waals surface area contributed by atoms with Gasteiger partial charge in [0.15, 0.2) is 0 Å². The SMILES string of the molecule is O=c1nc(SCc2cccc3ccccc23)c2c(n1-c1ccccc1)CCC2. The van der Waals surface area contributed by atoms with E-state index in [4.69, 9.17) is 0 Å². The van der Waals surface area contributed by atoms with Crippen molar-refractivity contribution in [1.29, 1.82) is 0 Å². The molecule has 5 rings (SSSR count). The minimum atomic E-state index is -0.174. The fraction of sp³-hybridized carbons (Fsp3) is 0.167. The highest BCUT2D eigenvalue weighted by molar-refractivity contribution is 7.98. The van der Waals surface area contributed by atoms with Crippen molar-refractivity contribution in [3.8, 4) is 5.69 Å². The van der Waals surface area contributed by atoms with Crippen LogP contribution in [-0.2, 0) is 18.6 Å². The van der Waals surface area contributed by atoms with Crippen LogP contribution in [-0.4, -0.2) is 9.55 Å². The summed E-state index contributed by atoms with van der Waals surface area (Å²) in [5, 5.41) is 3.42. The summed E-state index contributed by atoms with van der Waals surface area (Å²) < 4.78 is 1.80. The summed E-state index contributed by atoms with van der Waals surface area (Å²) in [5.41, 5.74) is 4.39. The summed E-state index contributed by atoms with van der Waals surface area (Å²) in [6.45, 7) is 0. The topological polar surface area (TPSA) is 34.9 Å². The van der Waals surface area contributed by atoms with Gasteiger partial charge in [-0.1, -0.05) is 60.7 Å². The maximum Gasteiger partial charge on any atom is 0.353 e. The van der Waals surface area contributed by atoms with E-state index in [2.05, 4.69) is 47.4 Å². The molecular weight excluding hydrogens is 364 g/mol. The number of para-hydroxylation sites is 1. The molecule has 0 atom stereocenters. The van der Waals surface area contributed by atoms with E-state index in [9.17, 15) is 4.79 Å². The van der Waals surface area contributed by atoms with Crippen LogP contribution in [0.5, 0.6) is 0 Å². The molecule has 1 aromatic heterocycles. The third-order valence-corrected chi connectivity index (χ3v) is 6.43. The molecule has 4 heteroatoms. The van der Waals surface area contributed by atoms with Crippen molar-refractivity contribution < 1.29 is 0 Å². The Kier molecular flexibility index (Phi) is 4.49. The number of thioether (sulfide) groups is 1. The predicted octanol–water partition coefficient (Wildman–Crippen LogP) is 5.17. The van der Waals surface area contributed by atoms with Gasteiger partial charge < -0.3 is 0 Å². The smallest absolute Gasteiger partial charge is 0.265 e. The van der Waals surface area contributed by atoms with Crippen LogP contribution in [0.15, 0.2) is 82.6 Å². The molecule has 3 nitrogen and oxygen atoms in total. The van der Waals surface area contributed by atoms with Crippen LogP contribution in [0, 0.1) is 0 Å². The molecule has 0 unspecified atom stereocenters. The monoisotopic (exact) mass is 384 g/mol. The zero-order chi connectivity index (χ0) is 18.9. The Hall–Kier alpha value is -2.85. The zero-order valence-electron chi connectivity index (χ0n) is 15.5. The molecule has 0 bridgehead atoms. The average Bonchev–Trinajstić information content (AvgIpc) is 3.22. The molecule has 28 heavy (non-hydrogen) atoms. The van der Waals surface area contributed by atoms with Gasteiger partial charge in [-0.15, -0.1) is 11.8 Å². The van der Waals surface area contributed by atoms with Crippen molar-refractivity contribution in [1.82, 2.24) is 9.55 Å². The maximum atomic E-state index is 12.9. The molecule has 0 aliphatic heterocycles. The lowest BCUT2D eigenvalue weighted by Gasteiger charge is -2.14. The van der Waals surface area contributed by atoms with E-state index in [-0.39, 0.29) is 5.69 Å². The first-order valence-corrected chi connectivity index (χ1v) is 10.6. The summed E-state index contributed by atoms with van der Waals surface area (Å²) in [5.74, 6) is 0.815. The van der Waals surface area contributed by atoms with Crippen LogP contribution in [0.2, 0.25) is 0 Å². The highest BCUT2D eigenvalue weighted by Gasteiger charge is 2.22. The van der Waals surface area contributed by atoms with Gasteiger partial charge >= 0.3 is 5.69 Å². The van der Waals surface area contributed by atoms with Gasteiger partial charge in [0, 0.05) is 17.0 Å². The molecule has 0 N–H and O–H groups in total. The molecule has 0 saturated carbocycles. The fourth-order valence-corrected chi connectivity index (χ4v) is 5.13. The Labute approximate surface area is 168 Å². The van der Waals surface area contributed by atoms with Gasteiger partial charge in [-0.3, -0.25) is 4.57 Å². The molecule has 0 amide bonds. The van der Waals surface area contributed by atoms with Crippen LogP contribution in [0.3, 0.4) is 0 Å². The summed E-state index contributed by atoms with van der Waals surface area (Å²) in [6, 6.07) is 24.7. The van der Waals surface area contributed by atoms with Gasteiger partial charge in [-0.05, 0) is 47.7 Å². The molecule has 0 spiro atoms. The van der Waals surface area contributed by atoms with Crippen LogP contribution in [0.25, 0.3) is 16.5 Å². The van der Waals surface area contributed by atoms with Gasteiger partial charge in [0.2, 0.25) is 0 Å². The Balaban J connectivity index is 1.52. The Morgan fingerprint density at radius 3 is 2.57 bits per heavy atom. The quantitative estimate of drug-likeness (QED) is 0.360. The molecule has 4 aromatic rings. The van der Waals surface area contributed by atoms with Crippen LogP contribution < -0.4 is 5.69 Å². The highest BCUT2D eigenvalue weighted by atomic mass is 32.2. The molecule has 0 saturated heterocycles. The Morgan fingerprint density at radius 2 is 1.68 bits per heavy atom. The summed E-state index contributed by atoms with van der Waals surface area (Å²) >= 11 is 1.69. The van der Waals surface area contributed by atoms with Crippen LogP contribution >= 0.6 is 11.8 Å². The van der Waals surface area contributed by atoms with Crippen molar-refractivity contribution in [3.63, 3.8) is 0 Å². The minimum absolute atomic E-state index is 0.174. The number of aromatic nitrogens is 2. The van der Waals surface area contributed by atoms with E-state index in [1.165, 1.54) is 21.9 Å². The second kappa shape index (κ2) is 7.28. The molecular formula is C24H20N2OS. The number of fused-ring (bicyclic) bond motifs is 2. The molecule has 138 valence electrons. The van der Waals surface area contributed by atoms with E-state index in [1.54, 1.807) is 16.3 Å². The van der Waals surface area contributed by atoms with E-state index >= 15 is 0 Å². The van der Waals surface area contributed by atoms with E-state index in [0.717, 1.165) is 41.4 Å². The van der Waals surface area contributed by atoms with Crippen molar-refractivity contribution in [2.24, 2.45) is 0 Å². The first kappa shape index (κ1) is 17.3. The highest BCUT2D eigenvalue weighted by Crippen LogP contribution is 2.33. The second-order valence-electron chi connectivity index (χ2n) is 7.08. The first-order valence-electron chi connectivity index (χ1n) is 9.61. The summed E-state index contributed by atoms with van der Waals surface area (Å²) in [6.07, 6.45) is 3.01. The van der Waals surface area contributed by atoms with Crippen molar-refractivity contribution in [2.45, 2.75) is 30.0 Å². The molecule has 1 aliphatic carbocycles. The van der Waals surface area contributed by atoms with Gasteiger partial charge in [0.25, 0.3) is 0 Å². The number of rotatable bonds is 4. The lowest BCUT2D eigenvalue weighted by atomic mass is 10.1. The number of hydrogen-bond donors (Lipinski definition) is 0. The first-order chi connectivity index (χ1) is 13.8. The number of benzene rings is 3. The van der Waals surface area contributed by atoms with E-state index in [0.29, 0.717) is 0 Å². The molecule has 1 aliphatic rings.